The summed E-state index contributed by atoms with van der Waals surface area (Å²) in [4.78, 5) is 2.21. The predicted octanol–water partition coefficient (Wildman–Crippen LogP) is 4.31. The molecule has 1 aromatic carbocycles. The zero-order valence-electron chi connectivity index (χ0n) is 10.4. The van der Waals surface area contributed by atoms with Gasteiger partial charge in [-0.2, -0.15) is 0 Å². The van der Waals surface area contributed by atoms with Gasteiger partial charge < -0.3 is 4.90 Å². The molecule has 0 heterocycles. The Kier molecular flexibility index (Phi) is 6.46. The van der Waals surface area contributed by atoms with Crippen LogP contribution in [0.3, 0.4) is 0 Å². The number of halogens is 2. The average Bonchev–Trinajstić information content (AvgIpc) is 2.32. The van der Waals surface area contributed by atoms with E-state index in [2.05, 4.69) is 42.2 Å². The summed E-state index contributed by atoms with van der Waals surface area (Å²) in [6.07, 6.45) is 4.17. The molecule has 0 bridgehead atoms. The van der Waals surface area contributed by atoms with Gasteiger partial charge in [0.2, 0.25) is 0 Å². The minimum Gasteiger partial charge on any atom is -0.369 e. The van der Waals surface area contributed by atoms with E-state index in [-0.39, 0.29) is 0 Å². The molecule has 0 amide bonds. The summed E-state index contributed by atoms with van der Waals surface area (Å²) in [5, 5.41) is 0. The van der Waals surface area contributed by atoms with Crippen LogP contribution in [0.25, 0.3) is 6.08 Å². The largest absolute Gasteiger partial charge is 0.369 e. The molecule has 0 aliphatic heterocycles. The molecule has 1 rings (SSSR count). The SMILES string of the molecule is CC=Cc1ccc(N(CCCl)CCCl)cc1C. The van der Waals surface area contributed by atoms with Crippen LogP contribution in [0.1, 0.15) is 18.1 Å². The summed E-state index contributed by atoms with van der Waals surface area (Å²) in [6, 6.07) is 6.45. The first-order valence-electron chi connectivity index (χ1n) is 5.83. The third-order valence-electron chi connectivity index (χ3n) is 2.67. The van der Waals surface area contributed by atoms with Gasteiger partial charge in [0.05, 0.1) is 0 Å². The van der Waals surface area contributed by atoms with Crippen LogP contribution in [0.2, 0.25) is 0 Å². The molecule has 0 saturated carbocycles. The molecule has 17 heavy (non-hydrogen) atoms. The summed E-state index contributed by atoms with van der Waals surface area (Å²) in [5.41, 5.74) is 3.72. The highest BCUT2D eigenvalue weighted by Gasteiger charge is 2.06. The Bertz CT molecular complexity index is 368. The average molecular weight is 272 g/mol. The van der Waals surface area contributed by atoms with Crippen LogP contribution in [-0.4, -0.2) is 24.8 Å². The second-order valence-electron chi connectivity index (χ2n) is 3.91. The van der Waals surface area contributed by atoms with Gasteiger partial charge in [0.25, 0.3) is 0 Å². The number of alkyl halides is 2. The molecule has 0 unspecified atom stereocenters. The predicted molar refractivity (Wildman–Crippen MR) is 79.5 cm³/mol. The van der Waals surface area contributed by atoms with Crippen molar-refractivity contribution in [1.29, 1.82) is 0 Å². The van der Waals surface area contributed by atoms with Gasteiger partial charge in [0.1, 0.15) is 0 Å². The Morgan fingerprint density at radius 1 is 1.18 bits per heavy atom. The topological polar surface area (TPSA) is 3.24 Å². The number of anilines is 1. The van der Waals surface area contributed by atoms with Crippen LogP contribution < -0.4 is 4.90 Å². The van der Waals surface area contributed by atoms with Crippen LogP contribution >= 0.6 is 23.2 Å². The van der Waals surface area contributed by atoms with Gasteiger partial charge in [-0.1, -0.05) is 18.2 Å². The first-order chi connectivity index (χ1) is 8.22. The molecular weight excluding hydrogens is 253 g/mol. The van der Waals surface area contributed by atoms with Crippen molar-refractivity contribution in [2.24, 2.45) is 0 Å². The lowest BCUT2D eigenvalue weighted by Gasteiger charge is -2.23. The molecule has 0 N–H and O–H groups in total. The van der Waals surface area contributed by atoms with E-state index in [1.807, 2.05) is 6.92 Å². The van der Waals surface area contributed by atoms with E-state index in [0.29, 0.717) is 11.8 Å². The minimum absolute atomic E-state index is 0.618. The molecule has 0 saturated heterocycles. The Morgan fingerprint density at radius 2 is 1.82 bits per heavy atom. The van der Waals surface area contributed by atoms with Crippen LogP contribution in [-0.2, 0) is 0 Å². The number of allylic oxidation sites excluding steroid dienone is 1. The zero-order valence-corrected chi connectivity index (χ0v) is 11.9. The molecule has 94 valence electrons. The fraction of sp³-hybridized carbons (Fsp3) is 0.429. The summed E-state index contributed by atoms with van der Waals surface area (Å²) in [7, 11) is 0. The van der Waals surface area contributed by atoms with Crippen molar-refractivity contribution in [3.05, 3.63) is 35.4 Å². The van der Waals surface area contributed by atoms with Gasteiger partial charge in [0, 0.05) is 30.5 Å². The summed E-state index contributed by atoms with van der Waals surface area (Å²) in [5.74, 6) is 1.24. The van der Waals surface area contributed by atoms with Crippen LogP contribution in [0.15, 0.2) is 24.3 Å². The molecule has 0 atom stereocenters. The number of aryl methyl sites for hydroxylation is 1. The van der Waals surface area contributed by atoms with Crippen molar-refractivity contribution in [3.8, 4) is 0 Å². The Morgan fingerprint density at radius 3 is 2.29 bits per heavy atom. The van der Waals surface area contributed by atoms with Crippen LogP contribution in [0, 0.1) is 6.92 Å². The molecule has 3 heteroatoms. The number of nitrogens with zero attached hydrogens (tertiary/aromatic N) is 1. The Labute approximate surface area is 114 Å². The highest BCUT2D eigenvalue weighted by Crippen LogP contribution is 2.20. The Hall–Kier alpha value is -0.660. The van der Waals surface area contributed by atoms with E-state index < -0.39 is 0 Å². The summed E-state index contributed by atoms with van der Waals surface area (Å²) < 4.78 is 0. The Balaban J connectivity index is 2.92. The molecular formula is C14H19Cl2N. The van der Waals surface area contributed by atoms with Crippen molar-refractivity contribution in [2.45, 2.75) is 13.8 Å². The van der Waals surface area contributed by atoms with Crippen LogP contribution in [0.5, 0.6) is 0 Å². The summed E-state index contributed by atoms with van der Waals surface area (Å²) in [6.45, 7) is 5.81. The first-order valence-corrected chi connectivity index (χ1v) is 6.90. The van der Waals surface area contributed by atoms with Crippen molar-refractivity contribution >= 4 is 35.0 Å². The maximum absolute atomic E-state index is 5.81. The van der Waals surface area contributed by atoms with Gasteiger partial charge in [0.15, 0.2) is 0 Å². The quantitative estimate of drug-likeness (QED) is 0.697. The lowest BCUT2D eigenvalue weighted by molar-refractivity contribution is 0.873. The lowest BCUT2D eigenvalue weighted by Crippen LogP contribution is -2.27. The van der Waals surface area contributed by atoms with Gasteiger partial charge in [-0.15, -0.1) is 23.2 Å². The van der Waals surface area contributed by atoms with Crippen molar-refractivity contribution in [2.75, 3.05) is 29.7 Å². The third-order valence-corrected chi connectivity index (χ3v) is 3.01. The van der Waals surface area contributed by atoms with E-state index in [0.717, 1.165) is 13.1 Å². The molecule has 0 radical (unpaired) electrons. The fourth-order valence-electron chi connectivity index (χ4n) is 1.80. The molecule has 0 spiro atoms. The fourth-order valence-corrected chi connectivity index (χ4v) is 2.21. The van der Waals surface area contributed by atoms with Gasteiger partial charge in [-0.25, -0.2) is 0 Å². The number of hydrogen-bond donors (Lipinski definition) is 0. The van der Waals surface area contributed by atoms with E-state index in [4.69, 9.17) is 23.2 Å². The molecule has 0 aliphatic carbocycles. The highest BCUT2D eigenvalue weighted by atomic mass is 35.5. The number of benzene rings is 1. The van der Waals surface area contributed by atoms with Crippen molar-refractivity contribution in [1.82, 2.24) is 0 Å². The van der Waals surface area contributed by atoms with E-state index in [1.54, 1.807) is 0 Å². The van der Waals surface area contributed by atoms with E-state index in [9.17, 15) is 0 Å². The maximum atomic E-state index is 5.81. The van der Waals surface area contributed by atoms with Gasteiger partial charge in [-0.05, 0) is 37.1 Å². The smallest absolute Gasteiger partial charge is 0.0399 e. The van der Waals surface area contributed by atoms with E-state index in [1.165, 1.54) is 16.8 Å². The second kappa shape index (κ2) is 7.62. The van der Waals surface area contributed by atoms with Gasteiger partial charge in [-0.3, -0.25) is 0 Å². The van der Waals surface area contributed by atoms with Crippen molar-refractivity contribution < 1.29 is 0 Å². The van der Waals surface area contributed by atoms with Gasteiger partial charge >= 0.3 is 0 Å². The second-order valence-corrected chi connectivity index (χ2v) is 4.66. The summed E-state index contributed by atoms with van der Waals surface area (Å²) >= 11 is 11.6. The number of rotatable bonds is 6. The normalized spacial score (nSPS) is 11.1. The number of hydrogen-bond acceptors (Lipinski definition) is 1. The molecule has 0 fully saturated rings. The van der Waals surface area contributed by atoms with Crippen LogP contribution in [0.4, 0.5) is 5.69 Å². The highest BCUT2D eigenvalue weighted by molar-refractivity contribution is 6.18. The van der Waals surface area contributed by atoms with E-state index >= 15 is 0 Å². The maximum Gasteiger partial charge on any atom is 0.0399 e. The molecule has 1 nitrogen and oxygen atoms in total. The monoisotopic (exact) mass is 271 g/mol. The van der Waals surface area contributed by atoms with Crippen molar-refractivity contribution in [3.63, 3.8) is 0 Å². The standard InChI is InChI=1S/C14H19Cl2N/c1-3-4-13-5-6-14(11-12(13)2)17(9-7-15)10-8-16/h3-6,11H,7-10H2,1-2H3. The zero-order chi connectivity index (χ0) is 12.7. The third kappa shape index (κ3) is 4.25. The minimum atomic E-state index is 0.618. The molecule has 1 aromatic rings. The molecule has 0 aromatic heterocycles. The molecule has 0 aliphatic rings. The lowest BCUT2D eigenvalue weighted by atomic mass is 10.1. The first kappa shape index (κ1) is 14.4.